The number of halogens is 1. The summed E-state index contributed by atoms with van der Waals surface area (Å²) in [6.07, 6.45) is 3.38. The van der Waals surface area contributed by atoms with E-state index in [0.29, 0.717) is 18.8 Å². The van der Waals surface area contributed by atoms with Gasteiger partial charge in [0.2, 0.25) is 5.95 Å². The van der Waals surface area contributed by atoms with E-state index >= 15 is 0 Å². The van der Waals surface area contributed by atoms with Gasteiger partial charge in [0.05, 0.1) is 22.5 Å². The summed E-state index contributed by atoms with van der Waals surface area (Å²) in [6, 6.07) is 6.35. The molecule has 29 heavy (non-hydrogen) atoms. The molecule has 4 rings (SSSR count). The molecule has 1 aliphatic carbocycles. The molecule has 6 nitrogen and oxygen atoms in total. The molecule has 0 bridgehead atoms. The molecule has 0 amide bonds. The van der Waals surface area contributed by atoms with Gasteiger partial charge in [-0.05, 0) is 77.4 Å². The molecule has 0 fully saturated rings. The third-order valence-corrected chi connectivity index (χ3v) is 6.29. The monoisotopic (exact) mass is 454 g/mol. The SMILES string of the molecule is CCOC(=O)c1c(Br)c2c(n1Cc1ccc(C)c(C)c1)-c1nc(N)ncc1CC2. The predicted octanol–water partition coefficient (Wildman–Crippen LogP) is 4.23. The number of ether oxygens (including phenoxy) is 1. The first-order chi connectivity index (χ1) is 13.9. The van der Waals surface area contributed by atoms with Crippen molar-refractivity contribution in [1.29, 1.82) is 0 Å². The van der Waals surface area contributed by atoms with E-state index in [1.54, 1.807) is 6.20 Å². The van der Waals surface area contributed by atoms with Crippen molar-refractivity contribution in [3.8, 4) is 11.4 Å². The zero-order valence-corrected chi connectivity index (χ0v) is 18.3. The predicted molar refractivity (Wildman–Crippen MR) is 116 cm³/mol. The smallest absolute Gasteiger partial charge is 0.356 e. The first-order valence-corrected chi connectivity index (χ1v) is 10.5. The number of anilines is 1. The standard InChI is InChI=1S/C22H23BrN4O2/c1-4-29-21(28)20-17(23)16-8-7-15-10-25-22(24)26-18(15)19(16)27(20)11-14-6-5-12(2)13(3)9-14/h5-6,9-10H,4,7-8,11H2,1-3H3,(H2,24,25,26). The van der Waals surface area contributed by atoms with Gasteiger partial charge in [-0.25, -0.2) is 14.8 Å². The quantitative estimate of drug-likeness (QED) is 0.596. The summed E-state index contributed by atoms with van der Waals surface area (Å²) in [4.78, 5) is 21.5. The van der Waals surface area contributed by atoms with Crippen LogP contribution in [0.4, 0.5) is 5.95 Å². The summed E-state index contributed by atoms with van der Waals surface area (Å²) >= 11 is 3.67. The van der Waals surface area contributed by atoms with Crippen LogP contribution in [0.5, 0.6) is 0 Å². The number of hydrogen-bond acceptors (Lipinski definition) is 5. The van der Waals surface area contributed by atoms with Gasteiger partial charge in [0.25, 0.3) is 0 Å². The Bertz CT molecular complexity index is 1120. The van der Waals surface area contributed by atoms with Crippen LogP contribution in [0.25, 0.3) is 11.4 Å². The van der Waals surface area contributed by atoms with Crippen LogP contribution in [0.2, 0.25) is 0 Å². The van der Waals surface area contributed by atoms with Crippen molar-refractivity contribution in [2.24, 2.45) is 0 Å². The van der Waals surface area contributed by atoms with Crippen molar-refractivity contribution in [3.05, 3.63) is 62.4 Å². The minimum atomic E-state index is -0.346. The average Bonchev–Trinajstić information content (AvgIpc) is 2.97. The first kappa shape index (κ1) is 19.6. The van der Waals surface area contributed by atoms with E-state index in [4.69, 9.17) is 10.5 Å². The van der Waals surface area contributed by atoms with Gasteiger partial charge >= 0.3 is 5.97 Å². The fourth-order valence-corrected chi connectivity index (χ4v) is 4.61. The summed E-state index contributed by atoms with van der Waals surface area (Å²) in [7, 11) is 0. The topological polar surface area (TPSA) is 83.0 Å². The number of hydrogen-bond donors (Lipinski definition) is 1. The molecule has 0 aliphatic heterocycles. The number of fused-ring (bicyclic) bond motifs is 3. The number of aryl methyl sites for hydroxylation is 3. The molecular formula is C22H23BrN4O2. The van der Waals surface area contributed by atoms with E-state index in [2.05, 4.69) is 57.9 Å². The zero-order valence-electron chi connectivity index (χ0n) is 16.8. The number of carbonyl (C=O) groups excluding carboxylic acids is 1. The summed E-state index contributed by atoms with van der Waals surface area (Å²) < 4.78 is 8.15. The lowest BCUT2D eigenvalue weighted by atomic mass is 9.95. The number of nitrogens with zero attached hydrogens (tertiary/aromatic N) is 3. The number of esters is 1. The van der Waals surface area contributed by atoms with Gasteiger partial charge in [-0.3, -0.25) is 0 Å². The van der Waals surface area contributed by atoms with Gasteiger partial charge in [-0.1, -0.05) is 18.2 Å². The maximum Gasteiger partial charge on any atom is 0.356 e. The summed E-state index contributed by atoms with van der Waals surface area (Å²) in [5, 5.41) is 0. The molecule has 2 N–H and O–H groups in total. The van der Waals surface area contributed by atoms with Crippen LogP contribution in [-0.2, 0) is 24.1 Å². The van der Waals surface area contributed by atoms with Crippen molar-refractivity contribution in [3.63, 3.8) is 0 Å². The molecule has 0 unspecified atom stereocenters. The van der Waals surface area contributed by atoms with E-state index in [9.17, 15) is 4.79 Å². The Balaban J connectivity index is 1.94. The van der Waals surface area contributed by atoms with Crippen molar-refractivity contribution < 1.29 is 9.53 Å². The highest BCUT2D eigenvalue weighted by Gasteiger charge is 2.32. The maximum absolute atomic E-state index is 12.9. The normalized spacial score (nSPS) is 12.4. The van der Waals surface area contributed by atoms with Crippen molar-refractivity contribution in [2.75, 3.05) is 12.3 Å². The molecule has 1 aliphatic rings. The van der Waals surface area contributed by atoms with Crippen molar-refractivity contribution in [1.82, 2.24) is 14.5 Å². The third kappa shape index (κ3) is 3.44. The molecule has 0 spiro atoms. The molecule has 2 heterocycles. The molecule has 0 saturated carbocycles. The molecule has 7 heteroatoms. The van der Waals surface area contributed by atoms with E-state index < -0.39 is 0 Å². The van der Waals surface area contributed by atoms with Crippen LogP contribution in [0.15, 0.2) is 28.9 Å². The maximum atomic E-state index is 12.9. The van der Waals surface area contributed by atoms with Crippen LogP contribution in [0.1, 0.15) is 45.2 Å². The lowest BCUT2D eigenvalue weighted by Crippen LogP contribution is -2.16. The number of nitrogen functional groups attached to an aromatic ring is 1. The summed E-state index contributed by atoms with van der Waals surface area (Å²) in [6.45, 7) is 6.84. The van der Waals surface area contributed by atoms with Gasteiger partial charge in [-0.2, -0.15) is 0 Å². The second-order valence-corrected chi connectivity index (χ2v) is 8.11. The highest BCUT2D eigenvalue weighted by Crippen LogP contribution is 2.41. The van der Waals surface area contributed by atoms with Gasteiger partial charge in [0, 0.05) is 12.7 Å². The number of rotatable bonds is 4. The molecule has 0 atom stereocenters. The zero-order chi connectivity index (χ0) is 20.7. The van der Waals surface area contributed by atoms with Gasteiger partial charge in [-0.15, -0.1) is 0 Å². The number of aromatic nitrogens is 3. The van der Waals surface area contributed by atoms with Crippen LogP contribution in [0.3, 0.4) is 0 Å². The Kier molecular flexibility index (Phi) is 5.17. The Hall–Kier alpha value is -2.67. The van der Waals surface area contributed by atoms with Crippen LogP contribution >= 0.6 is 15.9 Å². The molecule has 1 aromatic carbocycles. The van der Waals surface area contributed by atoms with E-state index in [-0.39, 0.29) is 11.9 Å². The molecule has 0 saturated heterocycles. The fourth-order valence-electron chi connectivity index (χ4n) is 3.85. The van der Waals surface area contributed by atoms with E-state index in [0.717, 1.165) is 45.4 Å². The lowest BCUT2D eigenvalue weighted by Gasteiger charge is -2.19. The van der Waals surface area contributed by atoms with E-state index in [1.807, 2.05) is 11.5 Å². The Morgan fingerprint density at radius 1 is 1.28 bits per heavy atom. The Morgan fingerprint density at radius 2 is 2.07 bits per heavy atom. The molecule has 0 radical (unpaired) electrons. The molecule has 3 aromatic rings. The van der Waals surface area contributed by atoms with Gasteiger partial charge < -0.3 is 15.0 Å². The number of nitrogens with two attached hydrogens (primary N) is 1. The largest absolute Gasteiger partial charge is 0.461 e. The minimum Gasteiger partial charge on any atom is -0.461 e. The van der Waals surface area contributed by atoms with Crippen LogP contribution < -0.4 is 5.73 Å². The minimum absolute atomic E-state index is 0.226. The highest BCUT2D eigenvalue weighted by atomic mass is 79.9. The first-order valence-electron chi connectivity index (χ1n) is 9.66. The van der Waals surface area contributed by atoms with Crippen molar-refractivity contribution in [2.45, 2.75) is 40.2 Å². The highest BCUT2D eigenvalue weighted by molar-refractivity contribution is 9.10. The van der Waals surface area contributed by atoms with Crippen LogP contribution in [0, 0.1) is 13.8 Å². The summed E-state index contributed by atoms with van der Waals surface area (Å²) in [5.41, 5.74) is 13.8. The fraction of sp³-hybridized carbons (Fsp3) is 0.318. The third-order valence-electron chi connectivity index (χ3n) is 5.43. The van der Waals surface area contributed by atoms with Gasteiger partial charge in [0.15, 0.2) is 0 Å². The average molecular weight is 455 g/mol. The second kappa shape index (κ2) is 7.63. The van der Waals surface area contributed by atoms with E-state index in [1.165, 1.54) is 11.1 Å². The molecular weight excluding hydrogens is 432 g/mol. The molecule has 2 aromatic heterocycles. The number of carbonyl (C=O) groups is 1. The Morgan fingerprint density at radius 3 is 2.79 bits per heavy atom. The second-order valence-electron chi connectivity index (χ2n) is 7.32. The molecule has 150 valence electrons. The lowest BCUT2D eigenvalue weighted by molar-refractivity contribution is 0.0513. The van der Waals surface area contributed by atoms with Gasteiger partial charge in [0.1, 0.15) is 5.69 Å². The Labute approximate surface area is 178 Å². The number of benzene rings is 1. The van der Waals surface area contributed by atoms with Crippen molar-refractivity contribution >= 4 is 27.8 Å². The summed E-state index contributed by atoms with van der Waals surface area (Å²) in [5.74, 6) is -0.120. The van der Waals surface area contributed by atoms with Crippen LogP contribution in [-0.4, -0.2) is 27.1 Å².